The minimum Gasteiger partial charge on any atom is -0.497 e. The van der Waals surface area contributed by atoms with Crippen molar-refractivity contribution in [2.24, 2.45) is 0 Å². The molecule has 0 saturated heterocycles. The predicted molar refractivity (Wildman–Crippen MR) is 122 cm³/mol. The summed E-state index contributed by atoms with van der Waals surface area (Å²) in [6.45, 7) is 0.442. The Morgan fingerprint density at radius 2 is 2.10 bits per heavy atom. The van der Waals surface area contributed by atoms with E-state index < -0.39 is 6.04 Å². The molecule has 7 nitrogen and oxygen atoms in total. The van der Waals surface area contributed by atoms with E-state index >= 15 is 0 Å². The number of aromatic nitrogens is 3. The fraction of sp³-hybridized carbons (Fsp3) is 0.286. The van der Waals surface area contributed by atoms with Gasteiger partial charge >= 0.3 is 0 Å². The van der Waals surface area contributed by atoms with E-state index in [1.807, 2.05) is 36.6 Å². The quantitative estimate of drug-likeness (QED) is 0.462. The molecule has 0 saturated carbocycles. The average molecular weight is 446 g/mol. The lowest BCUT2D eigenvalue weighted by molar-refractivity contribution is -0.122. The van der Waals surface area contributed by atoms with Crippen LogP contribution in [0.1, 0.15) is 12.0 Å². The van der Waals surface area contributed by atoms with Gasteiger partial charge in [0.2, 0.25) is 5.91 Å². The third-order valence-corrected chi connectivity index (χ3v) is 5.28. The molecule has 1 amide bonds. The number of hydrogen-bond donors (Lipinski definition) is 2. The smallest absolute Gasteiger partial charge is 0.242 e. The molecule has 0 bridgehead atoms. The minimum atomic E-state index is -0.398. The van der Waals surface area contributed by atoms with Crippen molar-refractivity contribution >= 4 is 35.0 Å². The molecule has 1 unspecified atom stereocenters. The Bertz CT molecular complexity index is 951. The van der Waals surface area contributed by atoms with Gasteiger partial charge in [-0.2, -0.15) is 11.8 Å². The second kappa shape index (κ2) is 10.9. The molecule has 2 aromatic heterocycles. The number of carbonyl (C=O) groups excluding carboxylic acids is 1. The van der Waals surface area contributed by atoms with Crippen LogP contribution < -0.4 is 15.4 Å². The summed E-state index contributed by atoms with van der Waals surface area (Å²) in [5, 5.41) is 6.65. The zero-order valence-electron chi connectivity index (χ0n) is 16.8. The Balaban J connectivity index is 1.69. The summed E-state index contributed by atoms with van der Waals surface area (Å²) < 4.78 is 6.93. The highest BCUT2D eigenvalue weighted by Gasteiger charge is 2.18. The lowest BCUT2D eigenvalue weighted by atomic mass is 10.1. The molecule has 3 aromatic rings. The molecule has 0 aliphatic heterocycles. The Morgan fingerprint density at radius 1 is 1.30 bits per heavy atom. The highest BCUT2D eigenvalue weighted by molar-refractivity contribution is 7.98. The fourth-order valence-electron chi connectivity index (χ4n) is 2.85. The van der Waals surface area contributed by atoms with Crippen molar-refractivity contribution in [2.75, 3.05) is 24.4 Å². The summed E-state index contributed by atoms with van der Waals surface area (Å²) in [5.41, 5.74) is 1.73. The summed E-state index contributed by atoms with van der Waals surface area (Å²) in [6, 6.07) is 10.8. The molecule has 0 spiro atoms. The topological polar surface area (TPSA) is 81.1 Å². The van der Waals surface area contributed by atoms with Crippen LogP contribution in [0.5, 0.6) is 5.75 Å². The zero-order chi connectivity index (χ0) is 21.3. The number of nitrogens with zero attached hydrogens (tertiary/aromatic N) is 3. The molecule has 0 fully saturated rings. The van der Waals surface area contributed by atoms with Crippen LogP contribution in [0.15, 0.2) is 55.1 Å². The van der Waals surface area contributed by atoms with E-state index in [0.717, 1.165) is 22.8 Å². The Labute approximate surface area is 185 Å². The summed E-state index contributed by atoms with van der Waals surface area (Å²) >= 11 is 7.90. The van der Waals surface area contributed by atoms with Gasteiger partial charge in [0.1, 0.15) is 29.1 Å². The number of anilines is 1. The maximum Gasteiger partial charge on any atom is 0.242 e. The number of hydrogen-bond acceptors (Lipinski definition) is 6. The highest BCUT2D eigenvalue weighted by Crippen LogP contribution is 2.20. The Kier molecular flexibility index (Phi) is 7.98. The molecule has 2 N–H and O–H groups in total. The van der Waals surface area contributed by atoms with Crippen molar-refractivity contribution in [3.63, 3.8) is 0 Å². The number of imidazole rings is 1. The van der Waals surface area contributed by atoms with Crippen LogP contribution in [0.3, 0.4) is 0 Å². The number of thioether (sulfide) groups is 1. The summed E-state index contributed by atoms with van der Waals surface area (Å²) in [6.07, 6.45) is 7.80. The molecule has 9 heteroatoms. The predicted octanol–water partition coefficient (Wildman–Crippen LogP) is 3.78. The molecule has 0 aliphatic carbocycles. The van der Waals surface area contributed by atoms with Crippen molar-refractivity contribution in [3.05, 3.63) is 65.8 Å². The van der Waals surface area contributed by atoms with Gasteiger partial charge < -0.3 is 15.4 Å². The van der Waals surface area contributed by atoms with Crippen molar-refractivity contribution in [2.45, 2.75) is 19.0 Å². The number of benzene rings is 1. The van der Waals surface area contributed by atoms with Gasteiger partial charge in [-0.15, -0.1) is 0 Å². The molecule has 1 aromatic carbocycles. The first-order valence-corrected chi connectivity index (χ1v) is 11.2. The number of ether oxygens (including phenoxy) is 1. The maximum absolute atomic E-state index is 12.9. The maximum atomic E-state index is 12.9. The Morgan fingerprint density at radius 3 is 2.77 bits per heavy atom. The van der Waals surface area contributed by atoms with E-state index in [4.69, 9.17) is 16.3 Å². The molecule has 1 atom stereocenters. The van der Waals surface area contributed by atoms with E-state index in [0.29, 0.717) is 23.9 Å². The monoisotopic (exact) mass is 445 g/mol. The highest BCUT2D eigenvalue weighted by atomic mass is 35.5. The summed E-state index contributed by atoms with van der Waals surface area (Å²) in [7, 11) is 1.63. The van der Waals surface area contributed by atoms with Gasteiger partial charge in [-0.3, -0.25) is 9.36 Å². The molecule has 0 radical (unpaired) electrons. The second-order valence-electron chi connectivity index (χ2n) is 6.55. The van der Waals surface area contributed by atoms with E-state index in [-0.39, 0.29) is 5.91 Å². The minimum absolute atomic E-state index is 0.0722. The van der Waals surface area contributed by atoms with Gasteiger partial charge in [-0.25, -0.2) is 9.97 Å². The van der Waals surface area contributed by atoms with Crippen LogP contribution in [-0.2, 0) is 11.3 Å². The number of carbonyl (C=O) groups is 1. The first-order valence-electron chi connectivity index (χ1n) is 9.41. The van der Waals surface area contributed by atoms with Gasteiger partial charge in [0.15, 0.2) is 0 Å². The SMILES string of the molecule is COc1ccc(CNC(=O)C(CCSC)Nc2cc(Cl)nc(-n3ccnc3)c2)cc1. The molecule has 158 valence electrons. The molecule has 0 aliphatic rings. The Hall–Kier alpha value is -2.71. The largest absolute Gasteiger partial charge is 0.497 e. The number of amides is 1. The molecule has 3 rings (SSSR count). The third kappa shape index (κ3) is 6.14. The van der Waals surface area contributed by atoms with Crippen LogP contribution in [0.2, 0.25) is 5.15 Å². The number of halogens is 1. The van der Waals surface area contributed by atoms with E-state index in [2.05, 4.69) is 20.6 Å². The van der Waals surface area contributed by atoms with Gasteiger partial charge in [0.05, 0.1) is 7.11 Å². The first-order chi connectivity index (χ1) is 14.6. The molecular weight excluding hydrogens is 422 g/mol. The second-order valence-corrected chi connectivity index (χ2v) is 7.92. The van der Waals surface area contributed by atoms with Gasteiger partial charge in [-0.05, 0) is 42.2 Å². The number of methoxy groups -OCH3 is 1. The van der Waals surface area contributed by atoms with Crippen molar-refractivity contribution < 1.29 is 9.53 Å². The number of nitrogens with one attached hydrogen (secondary N) is 2. The van der Waals surface area contributed by atoms with E-state index in [1.54, 1.807) is 48.2 Å². The zero-order valence-corrected chi connectivity index (χ0v) is 18.4. The fourth-order valence-corrected chi connectivity index (χ4v) is 3.53. The molecule has 30 heavy (non-hydrogen) atoms. The van der Waals surface area contributed by atoms with Crippen molar-refractivity contribution in [1.29, 1.82) is 0 Å². The van der Waals surface area contributed by atoms with E-state index in [1.165, 1.54) is 0 Å². The molecular formula is C21H24ClN5O2S. The van der Waals surface area contributed by atoms with E-state index in [9.17, 15) is 4.79 Å². The van der Waals surface area contributed by atoms with Crippen molar-refractivity contribution in [3.8, 4) is 11.6 Å². The van der Waals surface area contributed by atoms with Gasteiger partial charge in [0, 0.05) is 30.7 Å². The first kappa shape index (κ1) is 22.0. The van der Waals surface area contributed by atoms with Crippen LogP contribution >= 0.6 is 23.4 Å². The summed E-state index contributed by atoms with van der Waals surface area (Å²) in [4.78, 5) is 21.2. The van der Waals surface area contributed by atoms with Crippen LogP contribution in [0, 0.1) is 0 Å². The third-order valence-electron chi connectivity index (χ3n) is 4.44. The standard InChI is InChI=1S/C21H24ClN5O2S/c1-29-17-5-3-15(4-6-17)13-24-21(28)18(7-10-30-2)25-16-11-19(22)26-20(12-16)27-9-8-23-14-27/h3-6,8-9,11-12,14,18H,7,10,13H2,1-2H3,(H,24,28)(H,25,26). The van der Waals surface area contributed by atoms with Crippen LogP contribution in [-0.4, -0.2) is 45.6 Å². The lowest BCUT2D eigenvalue weighted by Crippen LogP contribution is -2.39. The summed E-state index contributed by atoms with van der Waals surface area (Å²) in [5.74, 6) is 2.19. The number of pyridine rings is 1. The van der Waals surface area contributed by atoms with Gasteiger partial charge in [-0.1, -0.05) is 23.7 Å². The lowest BCUT2D eigenvalue weighted by Gasteiger charge is -2.20. The van der Waals surface area contributed by atoms with Crippen LogP contribution in [0.25, 0.3) is 5.82 Å². The van der Waals surface area contributed by atoms with Gasteiger partial charge in [0.25, 0.3) is 0 Å². The van der Waals surface area contributed by atoms with Crippen LogP contribution in [0.4, 0.5) is 5.69 Å². The average Bonchev–Trinajstić information content (AvgIpc) is 3.30. The normalized spacial score (nSPS) is 11.7. The number of rotatable bonds is 10. The van der Waals surface area contributed by atoms with Crippen molar-refractivity contribution in [1.82, 2.24) is 19.9 Å². The molecule has 2 heterocycles.